The average Bonchev–Trinajstić information content (AvgIpc) is 3.47. The molecule has 0 saturated heterocycles. The molecule has 0 spiro atoms. The van der Waals surface area contributed by atoms with Gasteiger partial charge in [0.05, 0.1) is 0 Å². The molecule has 0 fully saturated rings. The molecular weight excluding hydrogens is 1010 g/mol. The fourth-order valence-corrected chi connectivity index (χ4v) is 11.3. The van der Waals surface area contributed by atoms with E-state index in [1.807, 2.05) is 0 Å². The number of allylic oxidation sites excluding steroid dienone is 6. The number of carbonyl (C=O) groups excluding carboxylic acids is 3. The summed E-state index contributed by atoms with van der Waals surface area (Å²) in [5.74, 6) is -0.859. The standard InChI is InChI=1S/C76H142O6/c1-4-7-10-13-16-19-22-25-27-29-31-32-33-34-35-36-37-38-39-40-41-42-43-44-46-47-49-51-54-57-60-63-66-69-75(78)81-72-73(71-80-74(77)68-65-62-59-56-53-24-21-18-15-12-9-6-3)82-76(79)70-67-64-61-58-55-52-50-48-45-30-28-26-23-20-17-14-11-8-5-2/h17-18,20-21,26,28,73H,4-16,19,22-25,27,29-72H2,1-3H3/b20-17-,21-18-,28-26-. The van der Waals surface area contributed by atoms with Crippen molar-refractivity contribution in [2.45, 2.75) is 419 Å². The summed E-state index contributed by atoms with van der Waals surface area (Å²) < 4.78 is 17.0. The van der Waals surface area contributed by atoms with Gasteiger partial charge in [0.2, 0.25) is 0 Å². The number of unbranched alkanes of at least 4 members (excludes halogenated alkanes) is 52. The van der Waals surface area contributed by atoms with Crippen LogP contribution >= 0.6 is 0 Å². The summed E-state index contributed by atoms with van der Waals surface area (Å²) in [7, 11) is 0. The summed E-state index contributed by atoms with van der Waals surface area (Å²) in [5, 5.41) is 0. The molecule has 1 unspecified atom stereocenters. The molecule has 0 saturated carbocycles. The Hall–Kier alpha value is -2.37. The Morgan fingerprint density at radius 1 is 0.244 bits per heavy atom. The van der Waals surface area contributed by atoms with E-state index in [1.54, 1.807) is 0 Å². The quantitative estimate of drug-likeness (QED) is 0.0261. The summed E-state index contributed by atoms with van der Waals surface area (Å²) in [4.78, 5) is 38.4. The largest absolute Gasteiger partial charge is 0.462 e. The van der Waals surface area contributed by atoms with Gasteiger partial charge in [-0.15, -0.1) is 0 Å². The lowest BCUT2D eigenvalue weighted by Crippen LogP contribution is -2.30. The van der Waals surface area contributed by atoms with Crippen molar-refractivity contribution in [1.29, 1.82) is 0 Å². The zero-order valence-electron chi connectivity index (χ0n) is 55.5. The molecule has 0 bridgehead atoms. The summed E-state index contributed by atoms with van der Waals surface area (Å²) >= 11 is 0. The lowest BCUT2D eigenvalue weighted by Gasteiger charge is -2.18. The molecule has 0 radical (unpaired) electrons. The van der Waals surface area contributed by atoms with E-state index < -0.39 is 6.10 Å². The molecule has 0 aliphatic rings. The van der Waals surface area contributed by atoms with Crippen molar-refractivity contribution in [1.82, 2.24) is 0 Å². The SMILES string of the molecule is CCCCC/C=C\C/C=C\CCCCCCCCCCCC(=O)OC(COC(=O)CCCCCCC/C=C\CCCCC)COC(=O)CCCCCCCCCCCCCCCCCCCCCCCCCCCCCCCCCCC. The Kier molecular flexibility index (Phi) is 69.1. The van der Waals surface area contributed by atoms with Crippen molar-refractivity contribution in [3.05, 3.63) is 36.5 Å². The maximum atomic E-state index is 12.9. The number of ether oxygens (including phenoxy) is 3. The van der Waals surface area contributed by atoms with Gasteiger partial charge in [0, 0.05) is 19.3 Å². The topological polar surface area (TPSA) is 78.9 Å². The second-order valence-corrected chi connectivity index (χ2v) is 25.2. The summed E-state index contributed by atoms with van der Waals surface area (Å²) in [6.45, 7) is 6.65. The van der Waals surface area contributed by atoms with Gasteiger partial charge in [-0.25, -0.2) is 0 Å². The molecular formula is C76H142O6. The van der Waals surface area contributed by atoms with E-state index in [9.17, 15) is 14.4 Å². The van der Waals surface area contributed by atoms with Crippen LogP contribution in [0.3, 0.4) is 0 Å². The number of esters is 3. The molecule has 6 nitrogen and oxygen atoms in total. The van der Waals surface area contributed by atoms with Gasteiger partial charge in [-0.3, -0.25) is 14.4 Å². The molecule has 0 aliphatic carbocycles. The van der Waals surface area contributed by atoms with Gasteiger partial charge >= 0.3 is 17.9 Å². The van der Waals surface area contributed by atoms with Crippen LogP contribution in [0.4, 0.5) is 0 Å². The van der Waals surface area contributed by atoms with Crippen molar-refractivity contribution in [2.75, 3.05) is 13.2 Å². The van der Waals surface area contributed by atoms with Crippen LogP contribution in [-0.4, -0.2) is 37.2 Å². The zero-order chi connectivity index (χ0) is 59.2. The normalized spacial score (nSPS) is 12.2. The Morgan fingerprint density at radius 3 is 0.707 bits per heavy atom. The molecule has 0 heterocycles. The highest BCUT2D eigenvalue weighted by Crippen LogP contribution is 2.19. The highest BCUT2D eigenvalue weighted by atomic mass is 16.6. The van der Waals surface area contributed by atoms with Gasteiger partial charge in [-0.05, 0) is 77.0 Å². The van der Waals surface area contributed by atoms with E-state index >= 15 is 0 Å². The number of hydrogen-bond donors (Lipinski definition) is 0. The summed E-state index contributed by atoms with van der Waals surface area (Å²) in [5.41, 5.74) is 0. The molecule has 0 aromatic carbocycles. The van der Waals surface area contributed by atoms with Crippen LogP contribution in [-0.2, 0) is 28.6 Å². The van der Waals surface area contributed by atoms with Gasteiger partial charge in [-0.2, -0.15) is 0 Å². The highest BCUT2D eigenvalue weighted by molar-refractivity contribution is 5.71. The Morgan fingerprint density at radius 2 is 0.439 bits per heavy atom. The van der Waals surface area contributed by atoms with Crippen molar-refractivity contribution >= 4 is 17.9 Å². The van der Waals surface area contributed by atoms with E-state index in [0.29, 0.717) is 19.3 Å². The fraction of sp³-hybridized carbons (Fsp3) is 0.882. The number of rotatable bonds is 69. The molecule has 0 aliphatic heterocycles. The third-order valence-electron chi connectivity index (χ3n) is 16.9. The second-order valence-electron chi connectivity index (χ2n) is 25.2. The molecule has 6 heteroatoms. The van der Waals surface area contributed by atoms with E-state index in [0.717, 1.165) is 70.6 Å². The van der Waals surface area contributed by atoms with Gasteiger partial charge < -0.3 is 14.2 Å². The Balaban J connectivity index is 4.09. The molecule has 0 amide bonds. The lowest BCUT2D eigenvalue weighted by atomic mass is 10.0. The molecule has 482 valence electrons. The fourth-order valence-electron chi connectivity index (χ4n) is 11.3. The van der Waals surface area contributed by atoms with Crippen LogP contribution in [0.5, 0.6) is 0 Å². The van der Waals surface area contributed by atoms with E-state index in [4.69, 9.17) is 14.2 Å². The van der Waals surface area contributed by atoms with Crippen molar-refractivity contribution in [3.63, 3.8) is 0 Å². The van der Waals surface area contributed by atoms with Crippen LogP contribution in [0.2, 0.25) is 0 Å². The van der Waals surface area contributed by atoms with Crippen molar-refractivity contribution in [2.24, 2.45) is 0 Å². The smallest absolute Gasteiger partial charge is 0.306 e. The molecule has 1 atom stereocenters. The molecule has 82 heavy (non-hydrogen) atoms. The van der Waals surface area contributed by atoms with E-state index in [2.05, 4.69) is 57.2 Å². The first-order valence-corrected chi connectivity index (χ1v) is 37.0. The van der Waals surface area contributed by atoms with Crippen LogP contribution in [0, 0.1) is 0 Å². The Bertz CT molecular complexity index is 1370. The van der Waals surface area contributed by atoms with Crippen LogP contribution in [0.25, 0.3) is 0 Å². The molecule has 0 aromatic rings. The van der Waals surface area contributed by atoms with E-state index in [-0.39, 0.29) is 31.1 Å². The maximum Gasteiger partial charge on any atom is 0.306 e. The van der Waals surface area contributed by atoms with Gasteiger partial charge in [-0.1, -0.05) is 353 Å². The first-order chi connectivity index (χ1) is 40.5. The minimum atomic E-state index is -0.777. The Labute approximate surface area is 512 Å². The predicted molar refractivity (Wildman–Crippen MR) is 358 cm³/mol. The molecule has 0 rings (SSSR count). The van der Waals surface area contributed by atoms with Gasteiger partial charge in [0.25, 0.3) is 0 Å². The summed E-state index contributed by atoms with van der Waals surface area (Å²) in [6, 6.07) is 0. The predicted octanol–water partition coefficient (Wildman–Crippen LogP) is 25.5. The number of carbonyl (C=O) groups is 3. The summed E-state index contributed by atoms with van der Waals surface area (Å²) in [6.07, 6.45) is 89.2. The maximum absolute atomic E-state index is 12.9. The monoisotopic (exact) mass is 1150 g/mol. The second kappa shape index (κ2) is 71.1. The first-order valence-electron chi connectivity index (χ1n) is 37.0. The molecule has 0 aromatic heterocycles. The average molecular weight is 1150 g/mol. The van der Waals surface area contributed by atoms with E-state index in [1.165, 1.54) is 302 Å². The van der Waals surface area contributed by atoms with Crippen molar-refractivity contribution in [3.8, 4) is 0 Å². The van der Waals surface area contributed by atoms with Crippen LogP contribution < -0.4 is 0 Å². The first kappa shape index (κ1) is 79.6. The molecule has 0 N–H and O–H groups in total. The minimum absolute atomic E-state index is 0.0720. The third kappa shape index (κ3) is 68.4. The third-order valence-corrected chi connectivity index (χ3v) is 16.9. The minimum Gasteiger partial charge on any atom is -0.462 e. The van der Waals surface area contributed by atoms with Crippen LogP contribution in [0.15, 0.2) is 36.5 Å². The van der Waals surface area contributed by atoms with Crippen molar-refractivity contribution < 1.29 is 28.6 Å². The number of hydrogen-bond acceptors (Lipinski definition) is 6. The van der Waals surface area contributed by atoms with Gasteiger partial charge in [0.15, 0.2) is 6.10 Å². The highest BCUT2D eigenvalue weighted by Gasteiger charge is 2.19. The zero-order valence-corrected chi connectivity index (χ0v) is 55.5. The van der Waals surface area contributed by atoms with Gasteiger partial charge in [0.1, 0.15) is 13.2 Å². The van der Waals surface area contributed by atoms with Crippen LogP contribution in [0.1, 0.15) is 412 Å². The lowest BCUT2D eigenvalue weighted by molar-refractivity contribution is -0.167.